The number of halogens is 2. The molecular formula is C21H16Cl2N2. The Morgan fingerprint density at radius 1 is 0.840 bits per heavy atom. The number of aromatic nitrogens is 2. The van der Waals surface area contributed by atoms with E-state index in [0.717, 1.165) is 28.0 Å². The summed E-state index contributed by atoms with van der Waals surface area (Å²) in [6.07, 6.45) is 0. The first kappa shape index (κ1) is 16.2. The Hall–Kier alpha value is -2.29. The van der Waals surface area contributed by atoms with Crippen molar-refractivity contribution in [3.63, 3.8) is 0 Å². The number of hydrogen-bond acceptors (Lipinski definition) is 1. The zero-order valence-electron chi connectivity index (χ0n) is 13.7. The number of aryl methyl sites for hydroxylation is 1. The molecule has 124 valence electrons. The Balaban J connectivity index is 1.96. The zero-order valence-corrected chi connectivity index (χ0v) is 15.2. The molecule has 0 unspecified atom stereocenters. The summed E-state index contributed by atoms with van der Waals surface area (Å²) in [7, 11) is 0. The van der Waals surface area contributed by atoms with Crippen LogP contribution in [0.5, 0.6) is 0 Å². The van der Waals surface area contributed by atoms with Crippen molar-refractivity contribution in [2.24, 2.45) is 0 Å². The molecule has 1 heterocycles. The number of nitrogens with zero attached hydrogens (tertiary/aromatic N) is 2. The molecule has 25 heavy (non-hydrogen) atoms. The highest BCUT2D eigenvalue weighted by Crippen LogP contribution is 2.31. The van der Waals surface area contributed by atoms with Gasteiger partial charge in [-0.3, -0.25) is 0 Å². The van der Waals surface area contributed by atoms with Crippen LogP contribution in [0, 0.1) is 6.92 Å². The summed E-state index contributed by atoms with van der Waals surface area (Å²) in [4.78, 5) is 4.88. The van der Waals surface area contributed by atoms with Gasteiger partial charge in [-0.25, -0.2) is 4.98 Å². The second-order valence-electron chi connectivity index (χ2n) is 6.03. The van der Waals surface area contributed by atoms with E-state index in [1.807, 2.05) is 48.5 Å². The fourth-order valence-corrected chi connectivity index (χ4v) is 3.62. The van der Waals surface area contributed by atoms with Gasteiger partial charge in [-0.05, 0) is 36.8 Å². The SMILES string of the molecule is Cc1ccccc1-c1nc2ccccc2n1Cc1c(Cl)cccc1Cl. The molecule has 0 radical (unpaired) electrons. The fourth-order valence-electron chi connectivity index (χ4n) is 3.11. The van der Waals surface area contributed by atoms with E-state index in [-0.39, 0.29) is 0 Å². The molecule has 0 fully saturated rings. The van der Waals surface area contributed by atoms with Crippen LogP contribution >= 0.6 is 23.2 Å². The molecule has 0 aliphatic heterocycles. The average Bonchev–Trinajstić information content (AvgIpc) is 2.97. The number of rotatable bonds is 3. The third-order valence-electron chi connectivity index (χ3n) is 4.42. The predicted octanol–water partition coefficient (Wildman–Crippen LogP) is 6.37. The van der Waals surface area contributed by atoms with Gasteiger partial charge >= 0.3 is 0 Å². The minimum Gasteiger partial charge on any atom is -0.319 e. The second kappa shape index (κ2) is 6.55. The fraction of sp³-hybridized carbons (Fsp3) is 0.0952. The zero-order chi connectivity index (χ0) is 17.4. The summed E-state index contributed by atoms with van der Waals surface area (Å²) < 4.78 is 2.19. The maximum atomic E-state index is 6.41. The number of imidazole rings is 1. The summed E-state index contributed by atoms with van der Waals surface area (Å²) in [5, 5.41) is 1.34. The van der Waals surface area contributed by atoms with E-state index >= 15 is 0 Å². The molecule has 0 atom stereocenters. The minimum absolute atomic E-state index is 0.572. The van der Waals surface area contributed by atoms with E-state index in [9.17, 15) is 0 Å². The molecule has 3 aromatic carbocycles. The van der Waals surface area contributed by atoms with Crippen LogP contribution in [0.2, 0.25) is 10.0 Å². The van der Waals surface area contributed by atoms with Crippen LogP contribution in [0.3, 0.4) is 0 Å². The largest absolute Gasteiger partial charge is 0.319 e. The molecule has 0 saturated carbocycles. The van der Waals surface area contributed by atoms with Crippen molar-refractivity contribution in [1.82, 2.24) is 9.55 Å². The molecule has 0 aliphatic rings. The molecule has 0 spiro atoms. The normalized spacial score (nSPS) is 11.2. The first-order chi connectivity index (χ1) is 12.1. The Morgan fingerprint density at radius 3 is 2.28 bits per heavy atom. The first-order valence-electron chi connectivity index (χ1n) is 8.09. The summed E-state index contributed by atoms with van der Waals surface area (Å²) in [5.74, 6) is 0.926. The lowest BCUT2D eigenvalue weighted by Crippen LogP contribution is -2.04. The topological polar surface area (TPSA) is 17.8 Å². The quantitative estimate of drug-likeness (QED) is 0.412. The summed E-state index contributed by atoms with van der Waals surface area (Å²) in [6.45, 7) is 2.67. The molecular weight excluding hydrogens is 351 g/mol. The molecule has 4 heteroatoms. The van der Waals surface area contributed by atoms with Gasteiger partial charge in [0.25, 0.3) is 0 Å². The van der Waals surface area contributed by atoms with Crippen molar-refractivity contribution in [2.75, 3.05) is 0 Å². The highest BCUT2D eigenvalue weighted by atomic mass is 35.5. The molecule has 4 aromatic rings. The molecule has 0 bridgehead atoms. The van der Waals surface area contributed by atoms with Gasteiger partial charge in [0.2, 0.25) is 0 Å². The van der Waals surface area contributed by atoms with Gasteiger partial charge in [0.05, 0.1) is 17.6 Å². The molecule has 1 aromatic heterocycles. The maximum absolute atomic E-state index is 6.41. The Labute approximate surface area is 156 Å². The number of para-hydroxylation sites is 2. The van der Waals surface area contributed by atoms with Gasteiger partial charge in [-0.1, -0.05) is 65.7 Å². The maximum Gasteiger partial charge on any atom is 0.141 e. The van der Waals surface area contributed by atoms with Crippen LogP contribution in [0.25, 0.3) is 22.4 Å². The summed E-state index contributed by atoms with van der Waals surface area (Å²) in [6, 6.07) is 22.0. The number of benzene rings is 3. The number of hydrogen-bond donors (Lipinski definition) is 0. The van der Waals surface area contributed by atoms with Crippen LogP contribution in [-0.2, 0) is 6.54 Å². The molecule has 0 saturated heterocycles. The highest BCUT2D eigenvalue weighted by molar-refractivity contribution is 6.36. The van der Waals surface area contributed by atoms with Gasteiger partial charge in [0, 0.05) is 21.2 Å². The van der Waals surface area contributed by atoms with Crippen molar-refractivity contribution in [2.45, 2.75) is 13.5 Å². The predicted molar refractivity (Wildman–Crippen MR) is 105 cm³/mol. The minimum atomic E-state index is 0.572. The van der Waals surface area contributed by atoms with Gasteiger partial charge in [-0.2, -0.15) is 0 Å². The van der Waals surface area contributed by atoms with E-state index in [0.29, 0.717) is 16.6 Å². The van der Waals surface area contributed by atoms with Crippen LogP contribution in [-0.4, -0.2) is 9.55 Å². The summed E-state index contributed by atoms with van der Waals surface area (Å²) >= 11 is 12.8. The second-order valence-corrected chi connectivity index (χ2v) is 6.84. The molecule has 4 rings (SSSR count). The van der Waals surface area contributed by atoms with Gasteiger partial charge in [0.15, 0.2) is 0 Å². The van der Waals surface area contributed by atoms with Crippen LogP contribution in [0.1, 0.15) is 11.1 Å². The van der Waals surface area contributed by atoms with E-state index in [2.05, 4.69) is 29.7 Å². The van der Waals surface area contributed by atoms with Crippen molar-refractivity contribution < 1.29 is 0 Å². The van der Waals surface area contributed by atoms with E-state index in [1.54, 1.807) is 0 Å². The van der Waals surface area contributed by atoms with Gasteiger partial charge in [0.1, 0.15) is 5.82 Å². The lowest BCUT2D eigenvalue weighted by molar-refractivity contribution is 0.834. The highest BCUT2D eigenvalue weighted by Gasteiger charge is 2.16. The Kier molecular flexibility index (Phi) is 4.24. The van der Waals surface area contributed by atoms with E-state index in [4.69, 9.17) is 28.2 Å². The van der Waals surface area contributed by atoms with Gasteiger partial charge < -0.3 is 4.57 Å². The lowest BCUT2D eigenvalue weighted by atomic mass is 10.1. The molecule has 0 amide bonds. The van der Waals surface area contributed by atoms with E-state index in [1.165, 1.54) is 5.56 Å². The standard InChI is InChI=1S/C21H16Cl2N2/c1-14-7-2-3-8-15(14)21-24-19-11-4-5-12-20(19)25(21)13-16-17(22)9-6-10-18(16)23/h2-12H,13H2,1H3. The van der Waals surface area contributed by atoms with Crippen molar-refractivity contribution in [1.29, 1.82) is 0 Å². The van der Waals surface area contributed by atoms with Gasteiger partial charge in [-0.15, -0.1) is 0 Å². The monoisotopic (exact) mass is 366 g/mol. The Bertz CT molecular complexity index is 1050. The summed E-state index contributed by atoms with van der Waals surface area (Å²) in [5.41, 5.74) is 5.23. The third kappa shape index (κ3) is 2.92. The molecule has 0 N–H and O–H groups in total. The third-order valence-corrected chi connectivity index (χ3v) is 5.13. The van der Waals surface area contributed by atoms with Crippen molar-refractivity contribution in [3.05, 3.63) is 87.9 Å². The lowest BCUT2D eigenvalue weighted by Gasteiger charge is -2.13. The van der Waals surface area contributed by atoms with Crippen molar-refractivity contribution >= 4 is 34.2 Å². The Morgan fingerprint density at radius 2 is 1.52 bits per heavy atom. The van der Waals surface area contributed by atoms with E-state index < -0.39 is 0 Å². The molecule has 0 aliphatic carbocycles. The van der Waals surface area contributed by atoms with Crippen LogP contribution in [0.4, 0.5) is 0 Å². The first-order valence-corrected chi connectivity index (χ1v) is 8.85. The van der Waals surface area contributed by atoms with Crippen LogP contribution in [0.15, 0.2) is 66.7 Å². The van der Waals surface area contributed by atoms with Crippen LogP contribution < -0.4 is 0 Å². The van der Waals surface area contributed by atoms with Crippen molar-refractivity contribution in [3.8, 4) is 11.4 Å². The smallest absolute Gasteiger partial charge is 0.141 e. The molecule has 2 nitrogen and oxygen atoms in total. The average molecular weight is 367 g/mol. The number of fused-ring (bicyclic) bond motifs is 1.